The van der Waals surface area contributed by atoms with E-state index in [4.69, 9.17) is 10.5 Å². The van der Waals surface area contributed by atoms with E-state index in [2.05, 4.69) is 39.6 Å². The van der Waals surface area contributed by atoms with Crippen molar-refractivity contribution in [3.63, 3.8) is 0 Å². The number of nitrogens with two attached hydrogens (primary N) is 1. The van der Waals surface area contributed by atoms with Crippen molar-refractivity contribution in [2.75, 3.05) is 27.2 Å². The van der Waals surface area contributed by atoms with E-state index in [1.54, 1.807) is 7.11 Å². The number of rotatable bonds is 8. The van der Waals surface area contributed by atoms with Gasteiger partial charge < -0.3 is 15.4 Å². The fourth-order valence-corrected chi connectivity index (χ4v) is 1.84. The van der Waals surface area contributed by atoms with Gasteiger partial charge >= 0.3 is 0 Å². The van der Waals surface area contributed by atoms with Gasteiger partial charge in [-0.15, -0.1) is 0 Å². The largest absolute Gasteiger partial charge is 0.379 e. The molecule has 2 unspecified atom stereocenters. The first-order valence-corrected chi connectivity index (χ1v) is 6.31. The summed E-state index contributed by atoms with van der Waals surface area (Å²) >= 11 is 0. The van der Waals surface area contributed by atoms with E-state index in [-0.39, 0.29) is 5.60 Å². The van der Waals surface area contributed by atoms with Crippen LogP contribution >= 0.6 is 0 Å². The predicted molar refractivity (Wildman–Crippen MR) is 70.6 cm³/mol. The summed E-state index contributed by atoms with van der Waals surface area (Å²) in [5, 5.41) is 0. The number of methoxy groups -OCH3 is 1. The number of likely N-dealkylation sites (N-methyl/N-ethyl adjacent to an activating group) is 1. The number of hydrogen-bond acceptors (Lipinski definition) is 3. The molecule has 16 heavy (non-hydrogen) atoms. The highest BCUT2D eigenvalue weighted by Gasteiger charge is 2.25. The molecule has 0 aliphatic carbocycles. The molecule has 0 heterocycles. The van der Waals surface area contributed by atoms with E-state index in [0.29, 0.717) is 12.6 Å². The maximum absolute atomic E-state index is 5.86. The summed E-state index contributed by atoms with van der Waals surface area (Å²) in [6.07, 6.45) is 2.20. The van der Waals surface area contributed by atoms with Crippen LogP contribution in [-0.4, -0.2) is 43.8 Å². The van der Waals surface area contributed by atoms with Crippen LogP contribution in [0.4, 0.5) is 0 Å². The van der Waals surface area contributed by atoms with Crippen molar-refractivity contribution in [2.45, 2.75) is 52.2 Å². The molecule has 0 saturated heterocycles. The quantitative estimate of drug-likeness (QED) is 0.694. The Hall–Kier alpha value is -0.120. The summed E-state index contributed by atoms with van der Waals surface area (Å²) in [6.45, 7) is 10.6. The summed E-state index contributed by atoms with van der Waals surface area (Å²) in [4.78, 5) is 2.37. The molecule has 2 atom stereocenters. The molecule has 0 saturated carbocycles. The SMILES string of the molecule is CCC(C)CN(C)C(CN)CC(C)(C)OC. The smallest absolute Gasteiger partial charge is 0.0638 e. The van der Waals surface area contributed by atoms with Gasteiger partial charge in [-0.2, -0.15) is 0 Å². The van der Waals surface area contributed by atoms with Gasteiger partial charge in [-0.3, -0.25) is 0 Å². The molecular weight excluding hydrogens is 200 g/mol. The van der Waals surface area contributed by atoms with Gasteiger partial charge in [-0.1, -0.05) is 20.3 Å². The lowest BCUT2D eigenvalue weighted by Gasteiger charge is -2.34. The first kappa shape index (κ1) is 15.9. The number of ether oxygens (including phenoxy) is 1. The van der Waals surface area contributed by atoms with Crippen molar-refractivity contribution in [3.8, 4) is 0 Å². The topological polar surface area (TPSA) is 38.5 Å². The van der Waals surface area contributed by atoms with Gasteiger partial charge in [0.1, 0.15) is 0 Å². The second kappa shape index (κ2) is 7.25. The van der Waals surface area contributed by atoms with E-state index >= 15 is 0 Å². The highest BCUT2D eigenvalue weighted by atomic mass is 16.5. The fourth-order valence-electron chi connectivity index (χ4n) is 1.84. The minimum atomic E-state index is -0.0895. The summed E-state index contributed by atoms with van der Waals surface area (Å²) in [5.74, 6) is 0.727. The molecule has 0 aromatic carbocycles. The molecule has 0 rings (SSSR count). The number of nitrogens with zero attached hydrogens (tertiary/aromatic N) is 1. The average molecular weight is 230 g/mol. The Morgan fingerprint density at radius 1 is 1.38 bits per heavy atom. The van der Waals surface area contributed by atoms with Crippen molar-refractivity contribution in [2.24, 2.45) is 11.7 Å². The van der Waals surface area contributed by atoms with Crippen molar-refractivity contribution < 1.29 is 4.74 Å². The van der Waals surface area contributed by atoms with Crippen LogP contribution in [0.5, 0.6) is 0 Å². The highest BCUT2D eigenvalue weighted by Crippen LogP contribution is 2.19. The Labute approximate surface area is 101 Å². The van der Waals surface area contributed by atoms with Crippen LogP contribution in [-0.2, 0) is 4.74 Å². The highest BCUT2D eigenvalue weighted by molar-refractivity contribution is 4.80. The molecule has 0 radical (unpaired) electrons. The van der Waals surface area contributed by atoms with Gasteiger partial charge in [-0.25, -0.2) is 0 Å². The molecule has 0 spiro atoms. The van der Waals surface area contributed by atoms with E-state index < -0.39 is 0 Å². The molecule has 3 heteroatoms. The third-order valence-corrected chi connectivity index (χ3v) is 3.47. The van der Waals surface area contributed by atoms with E-state index in [9.17, 15) is 0 Å². The van der Waals surface area contributed by atoms with Crippen LogP contribution < -0.4 is 5.73 Å². The van der Waals surface area contributed by atoms with E-state index in [1.807, 2.05) is 0 Å². The average Bonchev–Trinajstić information content (AvgIpc) is 2.25. The normalized spacial score (nSPS) is 16.5. The lowest BCUT2D eigenvalue weighted by atomic mass is 9.97. The van der Waals surface area contributed by atoms with Gasteiger partial charge in [0.25, 0.3) is 0 Å². The fraction of sp³-hybridized carbons (Fsp3) is 1.00. The molecule has 0 aliphatic rings. The summed E-state index contributed by atoms with van der Waals surface area (Å²) < 4.78 is 5.47. The summed E-state index contributed by atoms with van der Waals surface area (Å²) in [5.41, 5.74) is 5.77. The monoisotopic (exact) mass is 230 g/mol. The third kappa shape index (κ3) is 5.83. The van der Waals surface area contributed by atoms with Crippen molar-refractivity contribution >= 4 is 0 Å². The molecule has 2 N–H and O–H groups in total. The Kier molecular flexibility index (Phi) is 7.20. The van der Waals surface area contributed by atoms with E-state index in [0.717, 1.165) is 18.9 Å². The number of hydrogen-bond donors (Lipinski definition) is 1. The molecule has 0 amide bonds. The Bertz CT molecular complexity index is 183. The predicted octanol–water partition coefficient (Wildman–Crippen LogP) is 2.11. The molecule has 3 nitrogen and oxygen atoms in total. The zero-order valence-electron chi connectivity index (χ0n) is 11.9. The zero-order valence-corrected chi connectivity index (χ0v) is 11.9. The van der Waals surface area contributed by atoms with Crippen LogP contribution in [0.1, 0.15) is 40.5 Å². The molecule has 98 valence electrons. The van der Waals surface area contributed by atoms with Crippen LogP contribution in [0.25, 0.3) is 0 Å². The minimum absolute atomic E-state index is 0.0895. The second-order valence-electron chi connectivity index (χ2n) is 5.51. The van der Waals surface area contributed by atoms with Gasteiger partial charge in [-0.05, 0) is 33.2 Å². The van der Waals surface area contributed by atoms with Gasteiger partial charge in [0.05, 0.1) is 5.60 Å². The molecular formula is C13H30N2O. The zero-order chi connectivity index (χ0) is 12.8. The molecule has 0 bridgehead atoms. The maximum atomic E-state index is 5.86. The van der Waals surface area contributed by atoms with Gasteiger partial charge in [0, 0.05) is 26.2 Å². The minimum Gasteiger partial charge on any atom is -0.379 e. The Balaban J connectivity index is 4.26. The lowest BCUT2D eigenvalue weighted by Crippen LogP contribution is -2.44. The van der Waals surface area contributed by atoms with E-state index in [1.165, 1.54) is 6.42 Å². The lowest BCUT2D eigenvalue weighted by molar-refractivity contribution is -0.00583. The van der Waals surface area contributed by atoms with Crippen molar-refractivity contribution in [1.82, 2.24) is 4.90 Å². The molecule has 0 aliphatic heterocycles. The Morgan fingerprint density at radius 2 is 1.94 bits per heavy atom. The van der Waals surface area contributed by atoms with Crippen LogP contribution in [0.15, 0.2) is 0 Å². The molecule has 0 aromatic rings. The summed E-state index contributed by atoms with van der Waals surface area (Å²) in [6, 6.07) is 0.406. The maximum Gasteiger partial charge on any atom is 0.0638 e. The third-order valence-electron chi connectivity index (χ3n) is 3.47. The molecule has 0 fully saturated rings. The standard InChI is InChI=1S/C13H30N2O/c1-7-11(2)10-15(5)12(9-14)8-13(3,4)16-6/h11-12H,7-10,14H2,1-6H3. The first-order valence-electron chi connectivity index (χ1n) is 6.31. The Morgan fingerprint density at radius 3 is 2.31 bits per heavy atom. The van der Waals surface area contributed by atoms with Crippen LogP contribution in [0.2, 0.25) is 0 Å². The first-order chi connectivity index (χ1) is 7.36. The molecule has 0 aromatic heterocycles. The van der Waals surface area contributed by atoms with Crippen molar-refractivity contribution in [3.05, 3.63) is 0 Å². The second-order valence-corrected chi connectivity index (χ2v) is 5.51. The summed E-state index contributed by atoms with van der Waals surface area (Å²) in [7, 11) is 3.93. The van der Waals surface area contributed by atoms with Gasteiger partial charge in [0.15, 0.2) is 0 Å². The van der Waals surface area contributed by atoms with Crippen molar-refractivity contribution in [1.29, 1.82) is 0 Å². The van der Waals surface area contributed by atoms with Crippen LogP contribution in [0, 0.1) is 5.92 Å². The van der Waals surface area contributed by atoms with Crippen LogP contribution in [0.3, 0.4) is 0 Å². The van der Waals surface area contributed by atoms with Gasteiger partial charge in [0.2, 0.25) is 0 Å².